The van der Waals surface area contributed by atoms with Crippen LogP contribution in [0.15, 0.2) is 65.9 Å². The molecule has 1 atom stereocenters. The number of halogens is 1. The van der Waals surface area contributed by atoms with Crippen molar-refractivity contribution in [2.45, 2.75) is 13.0 Å². The van der Waals surface area contributed by atoms with Crippen LogP contribution in [0.5, 0.6) is 0 Å². The van der Waals surface area contributed by atoms with Crippen LogP contribution in [0.1, 0.15) is 18.5 Å². The van der Waals surface area contributed by atoms with Crippen LogP contribution in [0.3, 0.4) is 0 Å². The second-order valence-corrected chi connectivity index (χ2v) is 7.37. The summed E-state index contributed by atoms with van der Waals surface area (Å²) in [5, 5.41) is 3.37. The lowest BCUT2D eigenvalue weighted by Gasteiger charge is -2.33. The number of carbonyl (C=O) groups is 3. The number of likely N-dealkylation sites (N-methyl/N-ethyl adjacent to an activating group) is 1. The zero-order valence-electron chi connectivity index (χ0n) is 16.3. The van der Waals surface area contributed by atoms with Gasteiger partial charge in [0.1, 0.15) is 13.2 Å². The van der Waals surface area contributed by atoms with E-state index in [1.807, 2.05) is 37.3 Å². The molecular weight excluding hydrogens is 406 g/mol. The molecule has 2 aliphatic rings. The SMILES string of the molecule is CCN(C(=O)CN1C(=O)N[C@H](c2ccc(Cl)cc2)C2=C1COC2=O)c1ccccc1. The van der Waals surface area contributed by atoms with Crippen LogP contribution in [0.2, 0.25) is 5.02 Å². The Bertz CT molecular complexity index is 1020. The maximum atomic E-state index is 13.0. The van der Waals surface area contributed by atoms with E-state index in [2.05, 4.69) is 5.32 Å². The lowest BCUT2D eigenvalue weighted by atomic mass is 9.96. The van der Waals surface area contributed by atoms with Gasteiger partial charge in [0.05, 0.1) is 17.3 Å². The first-order valence-electron chi connectivity index (χ1n) is 9.58. The minimum Gasteiger partial charge on any atom is -0.456 e. The third-order valence-electron chi connectivity index (χ3n) is 5.18. The van der Waals surface area contributed by atoms with E-state index in [1.165, 1.54) is 4.90 Å². The molecule has 2 aromatic rings. The monoisotopic (exact) mass is 425 g/mol. The number of carbonyl (C=O) groups excluding carboxylic acids is 3. The van der Waals surface area contributed by atoms with Crippen molar-refractivity contribution in [1.82, 2.24) is 10.2 Å². The molecule has 3 amide bonds. The van der Waals surface area contributed by atoms with Crippen molar-refractivity contribution in [2.75, 3.05) is 24.6 Å². The molecule has 0 aliphatic carbocycles. The molecule has 1 N–H and O–H groups in total. The molecule has 30 heavy (non-hydrogen) atoms. The normalized spacial score (nSPS) is 18.1. The Balaban J connectivity index is 1.63. The van der Waals surface area contributed by atoms with Gasteiger partial charge in [-0.25, -0.2) is 9.59 Å². The van der Waals surface area contributed by atoms with Crippen molar-refractivity contribution in [2.24, 2.45) is 0 Å². The van der Waals surface area contributed by atoms with Gasteiger partial charge in [-0.2, -0.15) is 0 Å². The molecule has 0 bridgehead atoms. The van der Waals surface area contributed by atoms with Gasteiger partial charge >= 0.3 is 12.0 Å². The molecule has 8 heteroatoms. The summed E-state index contributed by atoms with van der Waals surface area (Å²) in [6.45, 7) is 2.07. The topological polar surface area (TPSA) is 79.0 Å². The number of esters is 1. The number of hydrogen-bond donors (Lipinski definition) is 1. The van der Waals surface area contributed by atoms with E-state index in [4.69, 9.17) is 16.3 Å². The van der Waals surface area contributed by atoms with E-state index < -0.39 is 18.0 Å². The summed E-state index contributed by atoms with van der Waals surface area (Å²) in [7, 11) is 0. The maximum Gasteiger partial charge on any atom is 0.338 e. The zero-order chi connectivity index (χ0) is 21.3. The lowest BCUT2D eigenvalue weighted by Crippen LogP contribution is -2.51. The number of rotatable bonds is 5. The van der Waals surface area contributed by atoms with Gasteiger partial charge in [0, 0.05) is 17.3 Å². The summed E-state index contributed by atoms with van der Waals surface area (Å²) < 4.78 is 5.21. The van der Waals surface area contributed by atoms with Crippen molar-refractivity contribution in [3.63, 3.8) is 0 Å². The van der Waals surface area contributed by atoms with Gasteiger partial charge < -0.3 is 15.0 Å². The Hall–Kier alpha value is -3.32. The molecule has 2 aromatic carbocycles. The number of para-hydroxylation sites is 1. The Kier molecular flexibility index (Phi) is 5.46. The molecule has 0 saturated carbocycles. The average molecular weight is 426 g/mol. The third-order valence-corrected chi connectivity index (χ3v) is 5.43. The third kappa shape index (κ3) is 3.64. The Morgan fingerprint density at radius 2 is 1.87 bits per heavy atom. The first-order chi connectivity index (χ1) is 14.5. The average Bonchev–Trinajstić information content (AvgIpc) is 3.13. The highest BCUT2D eigenvalue weighted by Gasteiger charge is 2.43. The van der Waals surface area contributed by atoms with Gasteiger partial charge in [-0.3, -0.25) is 9.69 Å². The highest BCUT2D eigenvalue weighted by Crippen LogP contribution is 2.35. The summed E-state index contributed by atoms with van der Waals surface area (Å²) in [5.41, 5.74) is 2.22. The second-order valence-electron chi connectivity index (χ2n) is 6.93. The van der Waals surface area contributed by atoms with E-state index >= 15 is 0 Å². The standard InChI is InChI=1S/C22H20ClN3O4/c1-2-25(16-6-4-3-5-7-16)18(27)12-26-17-13-30-21(28)19(17)20(24-22(26)29)14-8-10-15(23)11-9-14/h3-11,20H,2,12-13H2,1H3,(H,24,29)/t20-/m1/s1. The van der Waals surface area contributed by atoms with Gasteiger partial charge in [-0.1, -0.05) is 41.9 Å². The van der Waals surface area contributed by atoms with E-state index in [0.29, 0.717) is 28.4 Å². The number of hydrogen-bond acceptors (Lipinski definition) is 4. The van der Waals surface area contributed by atoms with Gasteiger partial charge in [0.2, 0.25) is 5.91 Å². The molecule has 0 saturated heterocycles. The largest absolute Gasteiger partial charge is 0.456 e. The molecule has 0 fully saturated rings. The van der Waals surface area contributed by atoms with E-state index in [0.717, 1.165) is 5.69 Å². The summed E-state index contributed by atoms with van der Waals surface area (Å²) in [4.78, 5) is 41.2. The first kappa shape index (κ1) is 20.0. The van der Waals surface area contributed by atoms with Crippen molar-refractivity contribution < 1.29 is 19.1 Å². The van der Waals surface area contributed by atoms with Gasteiger partial charge in [0.25, 0.3) is 0 Å². The van der Waals surface area contributed by atoms with E-state index in [-0.39, 0.29) is 19.1 Å². The highest BCUT2D eigenvalue weighted by molar-refractivity contribution is 6.30. The molecule has 154 valence electrons. The number of cyclic esters (lactones) is 1. The van der Waals surface area contributed by atoms with E-state index in [1.54, 1.807) is 29.2 Å². The molecule has 4 rings (SSSR count). The minimum absolute atomic E-state index is 0.0452. The Morgan fingerprint density at radius 1 is 1.17 bits per heavy atom. The van der Waals surface area contributed by atoms with Crippen LogP contribution in [0.25, 0.3) is 0 Å². The van der Waals surface area contributed by atoms with Crippen LogP contribution >= 0.6 is 11.6 Å². The minimum atomic E-state index is -0.650. The number of nitrogens with one attached hydrogen (secondary N) is 1. The molecule has 0 aromatic heterocycles. The van der Waals surface area contributed by atoms with E-state index in [9.17, 15) is 14.4 Å². The molecular formula is C22H20ClN3O4. The fourth-order valence-electron chi connectivity index (χ4n) is 3.72. The van der Waals surface area contributed by atoms with Gasteiger partial charge in [0.15, 0.2) is 0 Å². The second kappa shape index (κ2) is 8.20. The molecule has 7 nitrogen and oxygen atoms in total. The number of anilines is 1. The first-order valence-corrected chi connectivity index (χ1v) is 9.96. The molecule has 0 radical (unpaired) electrons. The van der Waals surface area contributed by atoms with Crippen LogP contribution < -0.4 is 10.2 Å². The molecule has 2 heterocycles. The quantitative estimate of drug-likeness (QED) is 0.746. The highest BCUT2D eigenvalue weighted by atomic mass is 35.5. The van der Waals surface area contributed by atoms with Crippen molar-refractivity contribution in [1.29, 1.82) is 0 Å². The number of nitrogens with zero attached hydrogens (tertiary/aromatic N) is 2. The molecule has 2 aliphatic heterocycles. The summed E-state index contributed by atoms with van der Waals surface area (Å²) >= 11 is 5.95. The number of urea groups is 1. The van der Waals surface area contributed by atoms with Crippen molar-refractivity contribution >= 4 is 35.2 Å². The molecule has 0 unspecified atom stereocenters. The smallest absolute Gasteiger partial charge is 0.338 e. The van der Waals surface area contributed by atoms with Gasteiger partial charge in [-0.15, -0.1) is 0 Å². The number of ether oxygens (including phenoxy) is 1. The zero-order valence-corrected chi connectivity index (χ0v) is 17.1. The number of amides is 3. The van der Waals surface area contributed by atoms with Crippen LogP contribution in [0, 0.1) is 0 Å². The van der Waals surface area contributed by atoms with Crippen LogP contribution in [0.4, 0.5) is 10.5 Å². The van der Waals surface area contributed by atoms with Crippen molar-refractivity contribution in [3.05, 3.63) is 76.5 Å². The summed E-state index contributed by atoms with van der Waals surface area (Å²) in [5.74, 6) is -0.757. The summed E-state index contributed by atoms with van der Waals surface area (Å²) in [6, 6.07) is 15.0. The Morgan fingerprint density at radius 3 is 2.53 bits per heavy atom. The fraction of sp³-hybridized carbons (Fsp3) is 0.227. The maximum absolute atomic E-state index is 13.0. The van der Waals surface area contributed by atoms with Gasteiger partial charge in [-0.05, 0) is 36.8 Å². The molecule has 0 spiro atoms. The lowest BCUT2D eigenvalue weighted by molar-refractivity contribution is -0.136. The predicted molar refractivity (Wildman–Crippen MR) is 112 cm³/mol. The number of benzene rings is 2. The van der Waals surface area contributed by atoms with Crippen molar-refractivity contribution in [3.8, 4) is 0 Å². The Labute approximate surface area is 178 Å². The fourth-order valence-corrected chi connectivity index (χ4v) is 3.84. The predicted octanol–water partition coefficient (Wildman–Crippen LogP) is 3.27. The van der Waals surface area contributed by atoms with Crippen LogP contribution in [-0.4, -0.2) is 42.5 Å². The van der Waals surface area contributed by atoms with Crippen LogP contribution in [-0.2, 0) is 14.3 Å². The summed E-state index contributed by atoms with van der Waals surface area (Å²) in [6.07, 6.45) is 0.